The monoisotopic (exact) mass is 304 g/mol. The lowest BCUT2D eigenvalue weighted by Gasteiger charge is -2.11. The van der Waals surface area contributed by atoms with E-state index in [2.05, 4.69) is 20.6 Å². The molecule has 8 heteroatoms. The van der Waals surface area contributed by atoms with Crippen molar-refractivity contribution >= 4 is 17.4 Å². The molecule has 0 unspecified atom stereocenters. The first-order valence-electron chi connectivity index (χ1n) is 6.32. The third kappa shape index (κ3) is 3.75. The summed E-state index contributed by atoms with van der Waals surface area (Å²) in [6.45, 7) is 0. The molecule has 0 bridgehead atoms. The summed E-state index contributed by atoms with van der Waals surface area (Å²) >= 11 is 0. The predicted molar refractivity (Wildman–Crippen MR) is 80.8 cm³/mol. The number of nitrogens with zero attached hydrogens (tertiary/aromatic N) is 2. The van der Waals surface area contributed by atoms with Gasteiger partial charge in [0.1, 0.15) is 0 Å². The van der Waals surface area contributed by atoms with Gasteiger partial charge in [0.05, 0.1) is 39.4 Å². The van der Waals surface area contributed by atoms with Crippen LogP contribution in [0.25, 0.3) is 0 Å². The Kier molecular flexibility index (Phi) is 4.97. The van der Waals surface area contributed by atoms with Gasteiger partial charge in [-0.05, 0) is 12.1 Å². The number of anilines is 2. The van der Waals surface area contributed by atoms with Crippen molar-refractivity contribution in [2.24, 2.45) is 0 Å². The van der Waals surface area contributed by atoms with Crippen LogP contribution in [0.4, 0.5) is 16.2 Å². The van der Waals surface area contributed by atoms with Crippen LogP contribution in [0.1, 0.15) is 0 Å². The molecular formula is C14H16N4O4. The average Bonchev–Trinajstić information content (AvgIpc) is 2.55. The summed E-state index contributed by atoms with van der Waals surface area (Å²) in [6, 6.07) is 4.85. The highest BCUT2D eigenvalue weighted by Crippen LogP contribution is 2.29. The Labute approximate surface area is 127 Å². The second kappa shape index (κ2) is 7.11. The Morgan fingerprint density at radius 1 is 0.909 bits per heavy atom. The standard InChI is InChI=1S/C14H16N4O4/c1-20-11-5-4-9(6-12(11)21-2)17-13(19)18-10-7-15-14(22-3)16-8-10/h4-8H,1-3H3,(H2,17,18,19). The van der Waals surface area contributed by atoms with Crippen LogP contribution in [0.3, 0.4) is 0 Å². The maximum absolute atomic E-state index is 11.9. The SMILES string of the molecule is COc1ncc(NC(=O)Nc2ccc(OC)c(OC)c2)cn1. The van der Waals surface area contributed by atoms with Gasteiger partial charge in [-0.2, -0.15) is 0 Å². The number of ether oxygens (including phenoxy) is 3. The minimum Gasteiger partial charge on any atom is -0.493 e. The second-order valence-electron chi connectivity index (χ2n) is 4.11. The first-order valence-corrected chi connectivity index (χ1v) is 6.32. The number of hydrogen-bond acceptors (Lipinski definition) is 6. The third-order valence-electron chi connectivity index (χ3n) is 2.71. The number of urea groups is 1. The number of methoxy groups -OCH3 is 3. The number of rotatable bonds is 5. The van der Waals surface area contributed by atoms with E-state index in [-0.39, 0.29) is 6.01 Å². The van der Waals surface area contributed by atoms with E-state index < -0.39 is 6.03 Å². The van der Waals surface area contributed by atoms with Crippen molar-refractivity contribution in [2.75, 3.05) is 32.0 Å². The van der Waals surface area contributed by atoms with Crippen LogP contribution in [0.15, 0.2) is 30.6 Å². The van der Waals surface area contributed by atoms with E-state index in [4.69, 9.17) is 14.2 Å². The zero-order valence-electron chi connectivity index (χ0n) is 12.4. The number of carbonyl (C=O) groups excluding carboxylic acids is 1. The summed E-state index contributed by atoms with van der Waals surface area (Å²) in [5.74, 6) is 1.10. The summed E-state index contributed by atoms with van der Waals surface area (Å²) in [4.78, 5) is 19.7. The first-order chi connectivity index (χ1) is 10.7. The Hall–Kier alpha value is -3.03. The van der Waals surface area contributed by atoms with E-state index in [1.165, 1.54) is 26.6 Å². The van der Waals surface area contributed by atoms with Gasteiger partial charge >= 0.3 is 12.0 Å². The quantitative estimate of drug-likeness (QED) is 0.879. The average molecular weight is 304 g/mol. The molecular weight excluding hydrogens is 288 g/mol. The van der Waals surface area contributed by atoms with Crippen molar-refractivity contribution in [3.8, 4) is 17.5 Å². The Morgan fingerprint density at radius 3 is 2.14 bits per heavy atom. The molecule has 1 heterocycles. The molecule has 2 aromatic rings. The van der Waals surface area contributed by atoms with Crippen molar-refractivity contribution in [1.29, 1.82) is 0 Å². The predicted octanol–water partition coefficient (Wildman–Crippen LogP) is 2.15. The van der Waals surface area contributed by atoms with Crippen molar-refractivity contribution in [3.05, 3.63) is 30.6 Å². The third-order valence-corrected chi connectivity index (χ3v) is 2.71. The lowest BCUT2D eigenvalue weighted by atomic mass is 10.3. The molecule has 0 aliphatic heterocycles. The number of aromatic nitrogens is 2. The van der Waals surface area contributed by atoms with E-state index in [1.807, 2.05) is 0 Å². The highest BCUT2D eigenvalue weighted by atomic mass is 16.5. The molecule has 22 heavy (non-hydrogen) atoms. The van der Waals surface area contributed by atoms with Gasteiger partial charge in [0.15, 0.2) is 11.5 Å². The van der Waals surface area contributed by atoms with Gasteiger partial charge in [-0.25, -0.2) is 14.8 Å². The summed E-state index contributed by atoms with van der Waals surface area (Å²) in [6.07, 6.45) is 2.89. The lowest BCUT2D eigenvalue weighted by Crippen LogP contribution is -2.19. The summed E-state index contributed by atoms with van der Waals surface area (Å²) in [5, 5.41) is 5.28. The number of hydrogen-bond donors (Lipinski definition) is 2. The fourth-order valence-electron chi connectivity index (χ4n) is 1.69. The largest absolute Gasteiger partial charge is 0.493 e. The molecule has 0 saturated carbocycles. The lowest BCUT2D eigenvalue weighted by molar-refractivity contribution is 0.262. The van der Waals surface area contributed by atoms with Gasteiger partial charge in [-0.1, -0.05) is 0 Å². The van der Waals surface area contributed by atoms with Crippen LogP contribution in [-0.2, 0) is 0 Å². The van der Waals surface area contributed by atoms with Gasteiger partial charge in [-0.3, -0.25) is 0 Å². The fraction of sp³-hybridized carbons (Fsp3) is 0.214. The number of amides is 2. The van der Waals surface area contributed by atoms with E-state index in [0.717, 1.165) is 0 Å². The van der Waals surface area contributed by atoms with Crippen molar-refractivity contribution < 1.29 is 19.0 Å². The topological polar surface area (TPSA) is 94.6 Å². The first kappa shape index (κ1) is 15.4. The molecule has 2 rings (SSSR count). The number of carbonyl (C=O) groups is 1. The van der Waals surface area contributed by atoms with E-state index in [1.54, 1.807) is 25.3 Å². The Bertz CT molecular complexity index is 646. The van der Waals surface area contributed by atoms with Gasteiger partial charge in [-0.15, -0.1) is 0 Å². The van der Waals surface area contributed by atoms with Gasteiger partial charge in [0, 0.05) is 11.8 Å². The van der Waals surface area contributed by atoms with Crippen molar-refractivity contribution in [2.45, 2.75) is 0 Å². The summed E-state index contributed by atoms with van der Waals surface area (Å²) in [7, 11) is 4.53. The molecule has 0 saturated heterocycles. The minimum absolute atomic E-state index is 0.228. The van der Waals surface area contributed by atoms with Gasteiger partial charge in [0.25, 0.3) is 0 Å². The maximum Gasteiger partial charge on any atom is 0.323 e. The Morgan fingerprint density at radius 2 is 1.55 bits per heavy atom. The molecule has 2 N–H and O–H groups in total. The number of benzene rings is 1. The van der Waals surface area contributed by atoms with E-state index in [0.29, 0.717) is 22.9 Å². The van der Waals surface area contributed by atoms with Crippen LogP contribution in [0.5, 0.6) is 17.5 Å². The minimum atomic E-state index is -0.430. The van der Waals surface area contributed by atoms with E-state index in [9.17, 15) is 4.79 Å². The molecule has 1 aromatic heterocycles. The summed E-state index contributed by atoms with van der Waals surface area (Å²) < 4.78 is 15.1. The number of nitrogens with one attached hydrogen (secondary N) is 2. The second-order valence-corrected chi connectivity index (χ2v) is 4.11. The molecule has 8 nitrogen and oxygen atoms in total. The molecule has 0 spiro atoms. The highest BCUT2D eigenvalue weighted by Gasteiger charge is 2.08. The van der Waals surface area contributed by atoms with Crippen LogP contribution in [0, 0.1) is 0 Å². The van der Waals surface area contributed by atoms with Crippen molar-refractivity contribution in [1.82, 2.24) is 9.97 Å². The zero-order chi connectivity index (χ0) is 15.9. The zero-order valence-corrected chi connectivity index (χ0v) is 12.4. The van der Waals surface area contributed by atoms with Gasteiger partial charge in [0.2, 0.25) is 0 Å². The fourth-order valence-corrected chi connectivity index (χ4v) is 1.69. The molecule has 0 fully saturated rings. The molecule has 116 valence electrons. The van der Waals surface area contributed by atoms with E-state index >= 15 is 0 Å². The molecule has 0 atom stereocenters. The van der Waals surface area contributed by atoms with Crippen LogP contribution in [0.2, 0.25) is 0 Å². The van der Waals surface area contributed by atoms with Crippen LogP contribution >= 0.6 is 0 Å². The summed E-state index contributed by atoms with van der Waals surface area (Å²) in [5.41, 5.74) is 1.00. The molecule has 0 aliphatic carbocycles. The highest BCUT2D eigenvalue weighted by molar-refractivity contribution is 5.99. The smallest absolute Gasteiger partial charge is 0.323 e. The Balaban J connectivity index is 2.02. The molecule has 0 radical (unpaired) electrons. The molecule has 2 amide bonds. The normalized spacial score (nSPS) is 9.77. The molecule has 0 aliphatic rings. The van der Waals surface area contributed by atoms with Crippen LogP contribution < -0.4 is 24.8 Å². The molecule has 1 aromatic carbocycles. The van der Waals surface area contributed by atoms with Gasteiger partial charge < -0.3 is 24.8 Å². The van der Waals surface area contributed by atoms with Crippen LogP contribution in [-0.4, -0.2) is 37.3 Å². The maximum atomic E-state index is 11.9. The van der Waals surface area contributed by atoms with Crippen molar-refractivity contribution in [3.63, 3.8) is 0 Å².